The minimum Gasteiger partial charge on any atom is -0.369 e. The van der Waals surface area contributed by atoms with Gasteiger partial charge in [-0.2, -0.15) is 8.42 Å². The zero-order chi connectivity index (χ0) is 21.8. The quantitative estimate of drug-likeness (QED) is 0.311. The van der Waals surface area contributed by atoms with Crippen LogP contribution in [0.4, 0.5) is 0 Å². The smallest absolute Gasteiger partial charge is 0.273 e. The normalized spacial score (nSPS) is 30.7. The number of nitrogens with zero attached hydrogens (tertiary/aromatic N) is 3. The molecule has 2 saturated heterocycles. The van der Waals surface area contributed by atoms with Crippen molar-refractivity contribution in [3.63, 3.8) is 0 Å². The third-order valence-electron chi connectivity index (χ3n) is 5.17. The van der Waals surface area contributed by atoms with Gasteiger partial charge in [0.25, 0.3) is 10.1 Å². The van der Waals surface area contributed by atoms with Crippen LogP contribution >= 0.6 is 0 Å². The van der Waals surface area contributed by atoms with Crippen molar-refractivity contribution in [2.45, 2.75) is 42.7 Å². The fraction of sp³-hybridized carbons (Fsp3) is 0.400. The van der Waals surface area contributed by atoms with Gasteiger partial charge in [0.1, 0.15) is 23.6 Å². The van der Waals surface area contributed by atoms with Gasteiger partial charge in [0.15, 0.2) is 12.5 Å². The third-order valence-corrected chi connectivity index (χ3v) is 6.36. The Kier molecular flexibility index (Phi) is 6.54. The molecule has 1 unspecified atom stereocenters. The summed E-state index contributed by atoms with van der Waals surface area (Å²) >= 11 is 0. The lowest BCUT2D eigenvalue weighted by Crippen LogP contribution is -2.63. The van der Waals surface area contributed by atoms with Crippen molar-refractivity contribution in [3.8, 4) is 0 Å². The number of hydrogen-bond donors (Lipinski definition) is 1. The van der Waals surface area contributed by atoms with E-state index in [9.17, 15) is 13.0 Å². The first kappa shape index (κ1) is 21.7. The van der Waals surface area contributed by atoms with E-state index < -0.39 is 46.2 Å². The van der Waals surface area contributed by atoms with Gasteiger partial charge in [-0.1, -0.05) is 65.8 Å². The number of azide groups is 1. The molecule has 2 aliphatic rings. The number of ether oxygens (including phenoxy) is 4. The summed E-state index contributed by atoms with van der Waals surface area (Å²) in [6.07, 6.45) is -5.08. The van der Waals surface area contributed by atoms with Gasteiger partial charge in [-0.15, -0.1) is 0 Å². The van der Waals surface area contributed by atoms with E-state index in [0.29, 0.717) is 0 Å². The zero-order valence-corrected chi connectivity index (χ0v) is 17.1. The van der Waals surface area contributed by atoms with E-state index in [0.717, 1.165) is 11.1 Å². The molecule has 2 fully saturated rings. The Morgan fingerprint density at radius 3 is 2.42 bits per heavy atom. The number of hydrogen-bond acceptors (Lipinski definition) is 7. The maximum atomic E-state index is 12.2. The molecule has 4 rings (SSSR count). The lowest BCUT2D eigenvalue weighted by Gasteiger charge is -2.47. The second kappa shape index (κ2) is 9.33. The van der Waals surface area contributed by atoms with Crippen LogP contribution in [0.1, 0.15) is 17.4 Å². The van der Waals surface area contributed by atoms with E-state index in [4.69, 9.17) is 24.5 Å². The van der Waals surface area contributed by atoms with Crippen molar-refractivity contribution in [3.05, 3.63) is 82.2 Å². The highest BCUT2D eigenvalue weighted by molar-refractivity contribution is 7.86. The second-order valence-corrected chi connectivity index (χ2v) is 8.76. The van der Waals surface area contributed by atoms with Crippen LogP contribution in [0.2, 0.25) is 0 Å². The zero-order valence-electron chi connectivity index (χ0n) is 16.3. The van der Waals surface area contributed by atoms with Crippen molar-refractivity contribution in [1.82, 2.24) is 0 Å². The SMILES string of the molecule is [N-]=[N+]=N[C@H]1O[C@@H]2COC(c3ccccc3)O[C@H]2[C@H](OCc2ccccc2)[C@@H]1S(=O)(=O)O. The van der Waals surface area contributed by atoms with Crippen molar-refractivity contribution in [2.24, 2.45) is 5.11 Å². The molecular formula is C20H21N3O7S. The highest BCUT2D eigenvalue weighted by Crippen LogP contribution is 2.38. The average molecular weight is 447 g/mol. The van der Waals surface area contributed by atoms with Crippen LogP contribution in [0.5, 0.6) is 0 Å². The first-order valence-corrected chi connectivity index (χ1v) is 11.1. The van der Waals surface area contributed by atoms with Crippen LogP contribution in [0.25, 0.3) is 10.4 Å². The molecule has 0 spiro atoms. The van der Waals surface area contributed by atoms with Crippen LogP contribution in [0, 0.1) is 0 Å². The van der Waals surface area contributed by atoms with Crippen LogP contribution in [-0.2, 0) is 35.7 Å². The summed E-state index contributed by atoms with van der Waals surface area (Å²) in [6, 6.07) is 18.3. The fourth-order valence-electron chi connectivity index (χ4n) is 3.76. The molecule has 31 heavy (non-hydrogen) atoms. The molecule has 0 bridgehead atoms. The molecule has 2 heterocycles. The van der Waals surface area contributed by atoms with E-state index in [2.05, 4.69) is 10.0 Å². The van der Waals surface area contributed by atoms with Gasteiger partial charge in [0, 0.05) is 10.5 Å². The number of rotatable bonds is 6. The second-order valence-electron chi connectivity index (χ2n) is 7.19. The van der Waals surface area contributed by atoms with Crippen LogP contribution in [0.15, 0.2) is 65.8 Å². The summed E-state index contributed by atoms with van der Waals surface area (Å²) in [5.41, 5.74) is 10.4. The van der Waals surface area contributed by atoms with Crippen molar-refractivity contribution < 1.29 is 31.9 Å². The van der Waals surface area contributed by atoms with Crippen molar-refractivity contribution >= 4 is 10.1 Å². The number of benzene rings is 2. The molecule has 164 valence electrons. The average Bonchev–Trinajstić information content (AvgIpc) is 2.77. The Bertz CT molecular complexity index is 1030. The summed E-state index contributed by atoms with van der Waals surface area (Å²) in [7, 11) is -4.72. The first-order chi connectivity index (χ1) is 15.0. The molecular weight excluding hydrogens is 426 g/mol. The van der Waals surface area contributed by atoms with Crippen LogP contribution in [-0.4, -0.2) is 49.4 Å². The molecule has 2 aromatic carbocycles. The third kappa shape index (κ3) is 4.89. The minimum atomic E-state index is -4.72. The largest absolute Gasteiger partial charge is 0.369 e. The van der Waals surface area contributed by atoms with Crippen LogP contribution in [0.3, 0.4) is 0 Å². The highest BCUT2D eigenvalue weighted by Gasteiger charge is 2.55. The summed E-state index contributed by atoms with van der Waals surface area (Å²) in [4.78, 5) is 2.66. The van der Waals surface area contributed by atoms with Crippen molar-refractivity contribution in [2.75, 3.05) is 6.61 Å². The minimum absolute atomic E-state index is 0.0595. The van der Waals surface area contributed by atoms with E-state index in [1.807, 2.05) is 60.7 Å². The van der Waals surface area contributed by atoms with Gasteiger partial charge in [-0.25, -0.2) is 0 Å². The maximum Gasteiger partial charge on any atom is 0.273 e. The molecule has 0 aliphatic carbocycles. The van der Waals surface area contributed by atoms with E-state index in [-0.39, 0.29) is 13.2 Å². The predicted octanol–water partition coefficient (Wildman–Crippen LogP) is 2.98. The Labute approximate surface area is 179 Å². The molecule has 0 amide bonds. The lowest BCUT2D eigenvalue weighted by molar-refractivity contribution is -0.313. The lowest BCUT2D eigenvalue weighted by atomic mass is 9.98. The van der Waals surface area contributed by atoms with Gasteiger partial charge in [0.05, 0.1) is 13.2 Å². The van der Waals surface area contributed by atoms with Gasteiger partial charge < -0.3 is 18.9 Å². The molecule has 1 N–H and O–H groups in total. The highest BCUT2D eigenvalue weighted by atomic mass is 32.2. The molecule has 2 aliphatic heterocycles. The maximum absolute atomic E-state index is 12.2. The summed E-state index contributed by atoms with van der Waals surface area (Å²) < 4.78 is 57.8. The summed E-state index contributed by atoms with van der Waals surface area (Å²) in [5, 5.41) is 1.77. The number of fused-ring (bicyclic) bond motifs is 1. The summed E-state index contributed by atoms with van der Waals surface area (Å²) in [5.74, 6) is 0. The monoisotopic (exact) mass is 447 g/mol. The van der Waals surface area contributed by atoms with Gasteiger partial charge in [-0.3, -0.25) is 4.55 Å². The van der Waals surface area contributed by atoms with Gasteiger partial charge >= 0.3 is 0 Å². The Morgan fingerprint density at radius 2 is 1.77 bits per heavy atom. The fourth-order valence-corrected chi connectivity index (χ4v) is 4.75. The van der Waals surface area contributed by atoms with Crippen molar-refractivity contribution in [1.29, 1.82) is 0 Å². The Balaban J connectivity index is 1.66. The van der Waals surface area contributed by atoms with E-state index in [1.165, 1.54) is 0 Å². The van der Waals surface area contributed by atoms with Crippen LogP contribution < -0.4 is 0 Å². The summed E-state index contributed by atoms with van der Waals surface area (Å²) in [6.45, 7) is 0.120. The van der Waals surface area contributed by atoms with Gasteiger partial charge in [-0.05, 0) is 11.1 Å². The van der Waals surface area contributed by atoms with E-state index in [1.54, 1.807) is 0 Å². The Hall–Kier alpha value is -2.50. The molecule has 2 aromatic rings. The molecule has 0 saturated carbocycles. The van der Waals surface area contributed by atoms with E-state index >= 15 is 0 Å². The molecule has 6 atom stereocenters. The first-order valence-electron chi connectivity index (χ1n) is 9.61. The Morgan fingerprint density at radius 1 is 1.10 bits per heavy atom. The molecule has 11 heteroatoms. The molecule has 10 nitrogen and oxygen atoms in total. The molecule has 0 aromatic heterocycles. The topological polar surface area (TPSA) is 140 Å². The standard InChI is InChI=1S/C20H21N3O7S/c21-23-22-19-18(31(24,25)26)17(27-11-13-7-3-1-4-8-13)16-15(29-19)12-28-20(30-16)14-9-5-2-6-10-14/h1-10,15-20H,11-12H2,(H,24,25,26)/t15-,16-,17+,18+,19+,20?/m1/s1. The predicted molar refractivity (Wildman–Crippen MR) is 108 cm³/mol. The molecule has 0 radical (unpaired) electrons. The van der Waals surface area contributed by atoms with Gasteiger partial charge in [0.2, 0.25) is 0 Å².